The van der Waals surface area contributed by atoms with Crippen molar-refractivity contribution < 1.29 is 0 Å². The lowest BCUT2D eigenvalue weighted by Gasteiger charge is -2.09. The van der Waals surface area contributed by atoms with E-state index in [1.54, 1.807) is 12.3 Å². The number of nitrogens with zero attached hydrogens (tertiary/aromatic N) is 3. The highest BCUT2D eigenvalue weighted by Crippen LogP contribution is 2.17. The normalized spacial score (nSPS) is 9.78. The van der Waals surface area contributed by atoms with Crippen LogP contribution in [0, 0.1) is 18.3 Å². The molecule has 0 aromatic carbocycles. The number of nitrogens with one attached hydrogen (secondary N) is 1. The van der Waals surface area contributed by atoms with E-state index in [9.17, 15) is 0 Å². The maximum Gasteiger partial charge on any atom is 0.149 e. The summed E-state index contributed by atoms with van der Waals surface area (Å²) in [7, 11) is 0. The first-order chi connectivity index (χ1) is 8.70. The first-order valence-corrected chi connectivity index (χ1v) is 5.50. The van der Waals surface area contributed by atoms with Crippen LogP contribution in [0.5, 0.6) is 0 Å². The summed E-state index contributed by atoms with van der Waals surface area (Å²) in [6, 6.07) is 7.49. The molecule has 0 atom stereocenters. The Morgan fingerprint density at radius 1 is 1.44 bits per heavy atom. The van der Waals surface area contributed by atoms with Crippen LogP contribution < -0.4 is 11.1 Å². The average Bonchev–Trinajstić information content (AvgIpc) is 2.39. The molecule has 0 saturated carbocycles. The van der Waals surface area contributed by atoms with E-state index in [1.165, 1.54) is 6.20 Å². The highest BCUT2D eigenvalue weighted by molar-refractivity contribution is 5.63. The fourth-order valence-corrected chi connectivity index (χ4v) is 1.56. The summed E-state index contributed by atoms with van der Waals surface area (Å²) in [5.74, 6) is 0.569. The lowest BCUT2D eigenvalue weighted by molar-refractivity contribution is 1.01. The molecule has 90 valence electrons. The Bertz CT molecular complexity index is 601. The Morgan fingerprint density at radius 3 is 2.94 bits per heavy atom. The number of nitrogens with two attached hydrogens (primary N) is 1. The average molecular weight is 239 g/mol. The summed E-state index contributed by atoms with van der Waals surface area (Å²) in [4.78, 5) is 8.38. The van der Waals surface area contributed by atoms with Gasteiger partial charge in [0.05, 0.1) is 23.5 Å². The van der Waals surface area contributed by atoms with Gasteiger partial charge in [0, 0.05) is 12.4 Å². The van der Waals surface area contributed by atoms with Crippen molar-refractivity contribution in [1.29, 1.82) is 5.26 Å². The molecule has 18 heavy (non-hydrogen) atoms. The van der Waals surface area contributed by atoms with Gasteiger partial charge >= 0.3 is 0 Å². The summed E-state index contributed by atoms with van der Waals surface area (Å²) in [6.45, 7) is 2.55. The van der Waals surface area contributed by atoms with Gasteiger partial charge in [0.15, 0.2) is 0 Å². The predicted octanol–water partition coefficient (Wildman–Crippen LogP) is 1.85. The maximum atomic E-state index is 8.72. The van der Waals surface area contributed by atoms with E-state index in [0.717, 1.165) is 11.3 Å². The van der Waals surface area contributed by atoms with Crippen LogP contribution >= 0.6 is 0 Å². The van der Waals surface area contributed by atoms with Crippen molar-refractivity contribution >= 4 is 11.5 Å². The van der Waals surface area contributed by atoms with Crippen molar-refractivity contribution in [2.45, 2.75) is 13.5 Å². The Hall–Kier alpha value is -2.61. The molecule has 2 aromatic rings. The molecule has 2 heterocycles. The van der Waals surface area contributed by atoms with Gasteiger partial charge in [0.25, 0.3) is 0 Å². The van der Waals surface area contributed by atoms with Crippen molar-refractivity contribution in [1.82, 2.24) is 9.97 Å². The Morgan fingerprint density at radius 2 is 2.28 bits per heavy atom. The molecular weight excluding hydrogens is 226 g/mol. The zero-order valence-corrected chi connectivity index (χ0v) is 10.0. The number of hydrogen-bond acceptors (Lipinski definition) is 5. The van der Waals surface area contributed by atoms with Crippen LogP contribution in [-0.4, -0.2) is 9.97 Å². The lowest BCUT2D eigenvalue weighted by Crippen LogP contribution is -2.07. The van der Waals surface area contributed by atoms with Crippen LogP contribution in [0.1, 0.15) is 16.8 Å². The van der Waals surface area contributed by atoms with Gasteiger partial charge in [-0.05, 0) is 24.6 Å². The van der Waals surface area contributed by atoms with Crippen molar-refractivity contribution in [3.05, 3.63) is 47.4 Å². The second-order valence-electron chi connectivity index (χ2n) is 3.89. The molecule has 0 spiro atoms. The number of aryl methyl sites for hydroxylation is 1. The zero-order valence-electron chi connectivity index (χ0n) is 10.0. The van der Waals surface area contributed by atoms with E-state index in [0.29, 0.717) is 23.6 Å². The third-order valence-electron chi connectivity index (χ3n) is 2.59. The number of aromatic nitrogens is 2. The van der Waals surface area contributed by atoms with Crippen LogP contribution in [0.15, 0.2) is 30.6 Å². The van der Waals surface area contributed by atoms with E-state index in [4.69, 9.17) is 11.0 Å². The second-order valence-corrected chi connectivity index (χ2v) is 3.89. The van der Waals surface area contributed by atoms with Gasteiger partial charge in [-0.3, -0.25) is 4.98 Å². The number of rotatable bonds is 3. The summed E-state index contributed by atoms with van der Waals surface area (Å²) in [6.07, 6.45) is 3.24. The van der Waals surface area contributed by atoms with Crippen molar-refractivity contribution in [3.8, 4) is 6.07 Å². The molecule has 0 aliphatic rings. The topological polar surface area (TPSA) is 87.6 Å². The second kappa shape index (κ2) is 5.15. The Balaban J connectivity index is 2.12. The highest BCUT2D eigenvalue weighted by atomic mass is 15.0. The van der Waals surface area contributed by atoms with Gasteiger partial charge in [0.1, 0.15) is 11.9 Å². The monoisotopic (exact) mass is 239 g/mol. The standard InChI is InChI=1S/C13H13N5/c1-9-3-2-4-16-12(9)8-18-13-11(15)5-10(6-14)7-17-13/h2-5,7H,8,15H2,1H3,(H,17,18). The molecule has 2 aromatic heterocycles. The zero-order chi connectivity index (χ0) is 13.0. The number of hydrogen-bond donors (Lipinski definition) is 2. The molecule has 0 aliphatic carbocycles. The van der Waals surface area contributed by atoms with E-state index >= 15 is 0 Å². The number of nitriles is 1. The summed E-state index contributed by atoms with van der Waals surface area (Å²) in [5.41, 5.74) is 8.77. The van der Waals surface area contributed by atoms with Gasteiger partial charge in [-0.25, -0.2) is 4.98 Å². The molecule has 0 aliphatic heterocycles. The van der Waals surface area contributed by atoms with Gasteiger partial charge in [-0.1, -0.05) is 6.07 Å². The van der Waals surface area contributed by atoms with Gasteiger partial charge in [-0.15, -0.1) is 0 Å². The van der Waals surface area contributed by atoms with E-state index < -0.39 is 0 Å². The fourth-order valence-electron chi connectivity index (χ4n) is 1.56. The number of pyridine rings is 2. The molecule has 0 saturated heterocycles. The minimum atomic E-state index is 0.451. The number of anilines is 2. The van der Waals surface area contributed by atoms with E-state index in [2.05, 4.69) is 15.3 Å². The molecule has 0 unspecified atom stereocenters. The minimum Gasteiger partial charge on any atom is -0.396 e. The molecule has 5 heteroatoms. The van der Waals surface area contributed by atoms with Crippen LogP contribution in [0.2, 0.25) is 0 Å². The van der Waals surface area contributed by atoms with Crippen LogP contribution in [0.3, 0.4) is 0 Å². The smallest absolute Gasteiger partial charge is 0.149 e. The quantitative estimate of drug-likeness (QED) is 0.853. The molecule has 3 N–H and O–H groups in total. The largest absolute Gasteiger partial charge is 0.396 e. The summed E-state index contributed by atoms with van der Waals surface area (Å²) < 4.78 is 0. The van der Waals surface area contributed by atoms with Crippen molar-refractivity contribution in [3.63, 3.8) is 0 Å². The first-order valence-electron chi connectivity index (χ1n) is 5.50. The molecule has 0 fully saturated rings. The molecule has 2 rings (SSSR count). The molecule has 0 radical (unpaired) electrons. The van der Waals surface area contributed by atoms with Gasteiger partial charge in [-0.2, -0.15) is 5.26 Å². The summed E-state index contributed by atoms with van der Waals surface area (Å²) in [5, 5.41) is 11.8. The predicted molar refractivity (Wildman–Crippen MR) is 69.7 cm³/mol. The molecule has 0 amide bonds. The maximum absolute atomic E-state index is 8.72. The van der Waals surface area contributed by atoms with Crippen LogP contribution in [0.25, 0.3) is 0 Å². The van der Waals surface area contributed by atoms with Crippen molar-refractivity contribution in [2.24, 2.45) is 0 Å². The fraction of sp³-hybridized carbons (Fsp3) is 0.154. The number of nitrogen functional groups attached to an aromatic ring is 1. The third-order valence-corrected chi connectivity index (χ3v) is 2.59. The summed E-state index contributed by atoms with van der Waals surface area (Å²) >= 11 is 0. The highest BCUT2D eigenvalue weighted by Gasteiger charge is 2.04. The third kappa shape index (κ3) is 2.55. The Kier molecular flexibility index (Phi) is 3.39. The van der Waals surface area contributed by atoms with Crippen LogP contribution in [-0.2, 0) is 6.54 Å². The first kappa shape index (κ1) is 11.9. The minimum absolute atomic E-state index is 0.451. The van der Waals surface area contributed by atoms with Crippen molar-refractivity contribution in [2.75, 3.05) is 11.1 Å². The molecule has 5 nitrogen and oxygen atoms in total. The lowest BCUT2D eigenvalue weighted by atomic mass is 10.2. The van der Waals surface area contributed by atoms with E-state index in [-0.39, 0.29) is 0 Å². The Labute approximate surface area is 105 Å². The van der Waals surface area contributed by atoms with Crippen LogP contribution in [0.4, 0.5) is 11.5 Å². The van der Waals surface area contributed by atoms with E-state index in [1.807, 2.05) is 25.1 Å². The SMILES string of the molecule is Cc1cccnc1CNc1ncc(C#N)cc1N. The van der Waals surface area contributed by atoms with Gasteiger partial charge in [0.2, 0.25) is 0 Å². The molecule has 0 bridgehead atoms. The van der Waals surface area contributed by atoms with Gasteiger partial charge < -0.3 is 11.1 Å². The molecular formula is C13H13N5.